The number of nitriles is 1. The Kier molecular flexibility index (Phi) is 4.33. The molecule has 0 bridgehead atoms. The van der Waals surface area contributed by atoms with Crippen LogP contribution in [0.5, 0.6) is 0 Å². The monoisotopic (exact) mass is 450 g/mol. The molecule has 6 rings (SSSR count). The molecular weight excluding hydrogens is 431 g/mol. The summed E-state index contributed by atoms with van der Waals surface area (Å²) >= 11 is 0. The molecule has 0 aliphatic heterocycles. The second-order valence-corrected chi connectivity index (χ2v) is 8.86. The number of aromatic carboxylic acids is 1. The van der Waals surface area contributed by atoms with Crippen molar-refractivity contribution in [2.45, 2.75) is 24.7 Å². The average molecular weight is 450 g/mol. The van der Waals surface area contributed by atoms with Crippen LogP contribution in [0.25, 0.3) is 38.6 Å². The highest BCUT2D eigenvalue weighted by Crippen LogP contribution is 2.56. The van der Waals surface area contributed by atoms with Crippen molar-refractivity contribution in [2.75, 3.05) is 0 Å². The molecule has 1 saturated carbocycles. The van der Waals surface area contributed by atoms with E-state index >= 15 is 0 Å². The van der Waals surface area contributed by atoms with Gasteiger partial charge in [0.05, 0.1) is 28.9 Å². The lowest BCUT2D eigenvalue weighted by molar-refractivity contribution is 0.0697. The number of hydrogen-bond donors (Lipinski definition) is 2. The van der Waals surface area contributed by atoms with Crippen LogP contribution in [0.2, 0.25) is 0 Å². The standard InChI is InChI=1S/C27H19FN4O2/c28-19-5-7-20(8-6-19)32-23-13-18-15-30-31-22(18)14-21(23)24(25(32)27(9-10-27)11-12-29)16-1-3-17(4-2-16)26(33)34/h1-8,13-15H,9-11H2,(H,30,31)(H,33,34). The predicted molar refractivity (Wildman–Crippen MR) is 126 cm³/mol. The molecule has 0 saturated heterocycles. The molecule has 1 aliphatic carbocycles. The van der Waals surface area contributed by atoms with Gasteiger partial charge < -0.3 is 9.67 Å². The number of carboxylic acids is 1. The molecule has 1 aliphatic rings. The Balaban J connectivity index is 1.75. The molecule has 7 heteroatoms. The van der Waals surface area contributed by atoms with Crippen molar-refractivity contribution < 1.29 is 14.3 Å². The molecule has 3 aromatic carbocycles. The van der Waals surface area contributed by atoms with Crippen molar-refractivity contribution in [1.29, 1.82) is 5.26 Å². The number of benzene rings is 3. The lowest BCUT2D eigenvalue weighted by Crippen LogP contribution is -2.13. The minimum absolute atomic E-state index is 0.210. The van der Waals surface area contributed by atoms with Gasteiger partial charge in [0.25, 0.3) is 0 Å². The van der Waals surface area contributed by atoms with Crippen LogP contribution < -0.4 is 0 Å². The van der Waals surface area contributed by atoms with E-state index in [1.165, 1.54) is 12.1 Å². The molecule has 0 amide bonds. The maximum absolute atomic E-state index is 13.8. The first kappa shape index (κ1) is 20.2. The smallest absolute Gasteiger partial charge is 0.335 e. The number of nitrogens with one attached hydrogen (secondary N) is 1. The van der Waals surface area contributed by atoms with Crippen molar-refractivity contribution in [3.05, 3.63) is 83.9 Å². The van der Waals surface area contributed by atoms with E-state index in [1.54, 1.807) is 30.5 Å². The van der Waals surface area contributed by atoms with Crippen LogP contribution in [0.3, 0.4) is 0 Å². The molecule has 0 spiro atoms. The van der Waals surface area contributed by atoms with Gasteiger partial charge in [-0.05, 0) is 66.9 Å². The maximum Gasteiger partial charge on any atom is 0.335 e. The summed E-state index contributed by atoms with van der Waals surface area (Å²) in [5.41, 5.74) is 5.33. The van der Waals surface area contributed by atoms with Crippen LogP contribution >= 0.6 is 0 Å². The van der Waals surface area contributed by atoms with Crippen LogP contribution in [0.15, 0.2) is 66.9 Å². The summed E-state index contributed by atoms with van der Waals surface area (Å²) in [5.74, 6) is -1.30. The zero-order valence-corrected chi connectivity index (χ0v) is 18.0. The zero-order valence-electron chi connectivity index (χ0n) is 18.0. The van der Waals surface area contributed by atoms with E-state index in [2.05, 4.69) is 26.9 Å². The quantitative estimate of drug-likeness (QED) is 0.346. The predicted octanol–water partition coefficient (Wildman–Crippen LogP) is 5.96. The molecule has 6 nitrogen and oxygen atoms in total. The van der Waals surface area contributed by atoms with Gasteiger partial charge in [0, 0.05) is 39.6 Å². The third-order valence-corrected chi connectivity index (χ3v) is 6.81. The highest BCUT2D eigenvalue weighted by molar-refractivity contribution is 6.06. The number of H-pyrrole nitrogens is 1. The van der Waals surface area contributed by atoms with Crippen molar-refractivity contribution in [3.63, 3.8) is 0 Å². The first-order chi connectivity index (χ1) is 16.5. The Morgan fingerprint density at radius 1 is 1.15 bits per heavy atom. The Hall–Kier alpha value is -4.44. The maximum atomic E-state index is 13.8. The number of rotatable bonds is 5. The molecule has 166 valence electrons. The Morgan fingerprint density at radius 2 is 1.88 bits per heavy atom. The van der Waals surface area contributed by atoms with Gasteiger partial charge in [-0.3, -0.25) is 5.10 Å². The van der Waals surface area contributed by atoms with E-state index in [0.29, 0.717) is 6.42 Å². The van der Waals surface area contributed by atoms with Crippen LogP contribution in [-0.2, 0) is 5.41 Å². The number of aromatic amines is 1. The number of carboxylic acid groups (broad SMARTS) is 1. The van der Waals surface area contributed by atoms with Gasteiger partial charge >= 0.3 is 5.97 Å². The highest BCUT2D eigenvalue weighted by atomic mass is 19.1. The van der Waals surface area contributed by atoms with E-state index in [4.69, 9.17) is 0 Å². The Labute approximate surface area is 193 Å². The Bertz CT molecular complexity index is 1620. The molecular formula is C27H19FN4O2. The summed E-state index contributed by atoms with van der Waals surface area (Å²) in [4.78, 5) is 11.4. The summed E-state index contributed by atoms with van der Waals surface area (Å²) in [7, 11) is 0. The summed E-state index contributed by atoms with van der Waals surface area (Å²) < 4.78 is 15.9. The van der Waals surface area contributed by atoms with E-state index in [-0.39, 0.29) is 16.8 Å². The third-order valence-electron chi connectivity index (χ3n) is 6.81. The van der Waals surface area contributed by atoms with E-state index in [1.807, 2.05) is 18.2 Å². The normalized spacial score (nSPS) is 14.4. The fourth-order valence-electron chi connectivity index (χ4n) is 4.96. The van der Waals surface area contributed by atoms with E-state index in [0.717, 1.165) is 57.2 Å². The van der Waals surface area contributed by atoms with Crippen LogP contribution in [0.4, 0.5) is 4.39 Å². The average Bonchev–Trinajstić information content (AvgIpc) is 3.33. The molecule has 5 aromatic rings. The molecule has 34 heavy (non-hydrogen) atoms. The number of fused-ring (bicyclic) bond motifs is 2. The van der Waals surface area contributed by atoms with Gasteiger partial charge in [0.2, 0.25) is 0 Å². The van der Waals surface area contributed by atoms with Gasteiger partial charge in [-0.15, -0.1) is 0 Å². The topological polar surface area (TPSA) is 94.7 Å². The SMILES string of the molecule is N#CCC1(c2c(-c3ccc(C(=O)O)cc3)c3cc4[nH]ncc4cc3n2-c2ccc(F)cc2)CC1. The second kappa shape index (κ2) is 7.29. The number of hydrogen-bond acceptors (Lipinski definition) is 3. The van der Waals surface area contributed by atoms with Crippen molar-refractivity contribution in [1.82, 2.24) is 14.8 Å². The highest BCUT2D eigenvalue weighted by Gasteiger charge is 2.49. The summed E-state index contributed by atoms with van der Waals surface area (Å²) in [6.07, 6.45) is 3.87. The summed E-state index contributed by atoms with van der Waals surface area (Å²) in [5, 5.41) is 28.1. The first-order valence-electron chi connectivity index (χ1n) is 11.0. The van der Waals surface area contributed by atoms with Crippen LogP contribution in [0.1, 0.15) is 35.3 Å². The van der Waals surface area contributed by atoms with E-state index in [9.17, 15) is 19.6 Å². The molecule has 0 atom stereocenters. The summed E-state index contributed by atoms with van der Waals surface area (Å²) in [6.45, 7) is 0. The number of nitrogens with zero attached hydrogens (tertiary/aromatic N) is 3. The van der Waals surface area contributed by atoms with Crippen LogP contribution in [0, 0.1) is 17.1 Å². The molecule has 1 fully saturated rings. The fraction of sp³-hybridized carbons (Fsp3) is 0.148. The minimum Gasteiger partial charge on any atom is -0.478 e. The molecule has 0 unspecified atom stereocenters. The fourth-order valence-corrected chi connectivity index (χ4v) is 4.96. The van der Waals surface area contributed by atoms with Gasteiger partial charge in [-0.25, -0.2) is 9.18 Å². The molecule has 2 aromatic heterocycles. The summed E-state index contributed by atoms with van der Waals surface area (Å²) in [6, 6.07) is 19.7. The van der Waals surface area contributed by atoms with Crippen molar-refractivity contribution >= 4 is 27.8 Å². The number of halogens is 1. The second-order valence-electron chi connectivity index (χ2n) is 8.86. The third kappa shape index (κ3) is 3.00. The minimum atomic E-state index is -0.983. The first-order valence-corrected chi connectivity index (χ1v) is 11.0. The van der Waals surface area contributed by atoms with Gasteiger partial charge in [-0.1, -0.05) is 12.1 Å². The molecule has 0 radical (unpaired) electrons. The largest absolute Gasteiger partial charge is 0.478 e. The van der Waals surface area contributed by atoms with Crippen molar-refractivity contribution in [2.24, 2.45) is 0 Å². The zero-order chi connectivity index (χ0) is 23.4. The lowest BCUT2D eigenvalue weighted by atomic mass is 9.90. The van der Waals surface area contributed by atoms with E-state index < -0.39 is 5.97 Å². The molecule has 2 heterocycles. The lowest BCUT2D eigenvalue weighted by Gasteiger charge is -2.19. The van der Waals surface area contributed by atoms with Gasteiger partial charge in [0.15, 0.2) is 0 Å². The Morgan fingerprint density at radius 3 is 2.53 bits per heavy atom. The van der Waals surface area contributed by atoms with Gasteiger partial charge in [-0.2, -0.15) is 10.4 Å². The van der Waals surface area contributed by atoms with Gasteiger partial charge in [0.1, 0.15) is 5.82 Å². The number of aromatic nitrogens is 3. The molecule has 2 N–H and O–H groups in total. The van der Waals surface area contributed by atoms with Crippen molar-refractivity contribution in [3.8, 4) is 22.9 Å². The number of carbonyl (C=O) groups is 1. The van der Waals surface area contributed by atoms with Crippen LogP contribution in [-0.4, -0.2) is 25.8 Å².